The maximum absolute atomic E-state index is 4.70. The molecule has 2 rings (SSSR count). The fourth-order valence-electron chi connectivity index (χ4n) is 2.96. The summed E-state index contributed by atoms with van der Waals surface area (Å²) in [5, 5.41) is 8.31. The molecule has 1 aliphatic rings. The zero-order chi connectivity index (χ0) is 14.5. The summed E-state index contributed by atoms with van der Waals surface area (Å²) in [7, 11) is 0. The Kier molecular flexibility index (Phi) is 6.05. The maximum atomic E-state index is 4.70. The van der Waals surface area contributed by atoms with E-state index in [-0.39, 0.29) is 0 Å². The van der Waals surface area contributed by atoms with Crippen molar-refractivity contribution in [1.82, 2.24) is 20.0 Å². The molecule has 1 saturated heterocycles. The van der Waals surface area contributed by atoms with Crippen molar-refractivity contribution < 1.29 is 0 Å². The van der Waals surface area contributed by atoms with Crippen molar-refractivity contribution in [3.63, 3.8) is 0 Å². The van der Waals surface area contributed by atoms with Crippen LogP contribution in [0.25, 0.3) is 0 Å². The average Bonchev–Trinajstić information content (AvgIpc) is 2.76. The topological polar surface area (TPSA) is 33.1 Å². The molecule has 2 heterocycles. The Balaban J connectivity index is 2.07. The van der Waals surface area contributed by atoms with E-state index < -0.39 is 0 Å². The summed E-state index contributed by atoms with van der Waals surface area (Å²) < 4.78 is 3.37. The molecule has 20 heavy (non-hydrogen) atoms. The molecule has 0 aromatic carbocycles. The van der Waals surface area contributed by atoms with Crippen LogP contribution in [0.5, 0.6) is 0 Å². The molecular formula is C15H27BrN4. The van der Waals surface area contributed by atoms with Crippen LogP contribution < -0.4 is 5.32 Å². The summed E-state index contributed by atoms with van der Waals surface area (Å²) in [5.74, 6) is 0. The van der Waals surface area contributed by atoms with Crippen molar-refractivity contribution in [2.75, 3.05) is 19.6 Å². The smallest absolute Gasteiger partial charge is 0.0767 e. The SMILES string of the molecule is CCCC1CN(Cc2c(Br)c(CC)nn2CC)CCN1. The highest BCUT2D eigenvalue weighted by Gasteiger charge is 2.22. The van der Waals surface area contributed by atoms with Crippen molar-refractivity contribution in [2.45, 2.75) is 59.2 Å². The molecular weight excluding hydrogens is 316 g/mol. The highest BCUT2D eigenvalue weighted by Crippen LogP contribution is 2.24. The minimum absolute atomic E-state index is 0.649. The van der Waals surface area contributed by atoms with Gasteiger partial charge in [-0.05, 0) is 35.7 Å². The van der Waals surface area contributed by atoms with Gasteiger partial charge in [0, 0.05) is 38.8 Å². The van der Waals surface area contributed by atoms with Gasteiger partial charge in [-0.3, -0.25) is 9.58 Å². The number of nitrogens with one attached hydrogen (secondary N) is 1. The predicted octanol–water partition coefficient (Wildman–Crippen LogP) is 2.80. The molecule has 0 saturated carbocycles. The van der Waals surface area contributed by atoms with Crippen LogP contribution in [0.2, 0.25) is 0 Å². The molecule has 4 nitrogen and oxygen atoms in total. The van der Waals surface area contributed by atoms with Crippen LogP contribution in [-0.4, -0.2) is 40.4 Å². The van der Waals surface area contributed by atoms with E-state index in [0.29, 0.717) is 6.04 Å². The second kappa shape index (κ2) is 7.57. The molecule has 1 aromatic rings. The maximum Gasteiger partial charge on any atom is 0.0767 e. The zero-order valence-electron chi connectivity index (χ0n) is 13.0. The summed E-state index contributed by atoms with van der Waals surface area (Å²) in [4.78, 5) is 2.56. The molecule has 1 aromatic heterocycles. The Bertz CT molecular complexity index is 428. The lowest BCUT2D eigenvalue weighted by atomic mass is 10.1. The fraction of sp³-hybridized carbons (Fsp3) is 0.800. The van der Waals surface area contributed by atoms with E-state index in [0.717, 1.165) is 39.1 Å². The van der Waals surface area contributed by atoms with Crippen LogP contribution in [0.3, 0.4) is 0 Å². The second-order valence-electron chi connectivity index (χ2n) is 5.55. The van der Waals surface area contributed by atoms with E-state index in [1.54, 1.807) is 0 Å². The third kappa shape index (κ3) is 3.62. The van der Waals surface area contributed by atoms with Crippen molar-refractivity contribution in [1.29, 1.82) is 0 Å². The van der Waals surface area contributed by atoms with E-state index in [1.165, 1.54) is 28.7 Å². The van der Waals surface area contributed by atoms with Crippen LogP contribution in [0.4, 0.5) is 0 Å². The molecule has 1 N–H and O–H groups in total. The highest BCUT2D eigenvalue weighted by atomic mass is 79.9. The molecule has 1 unspecified atom stereocenters. The van der Waals surface area contributed by atoms with E-state index >= 15 is 0 Å². The van der Waals surface area contributed by atoms with Gasteiger partial charge < -0.3 is 5.32 Å². The van der Waals surface area contributed by atoms with Crippen LogP contribution >= 0.6 is 15.9 Å². The van der Waals surface area contributed by atoms with E-state index in [1.807, 2.05) is 0 Å². The third-order valence-electron chi connectivity index (χ3n) is 4.04. The normalized spacial score (nSPS) is 20.5. The van der Waals surface area contributed by atoms with Crippen molar-refractivity contribution >= 4 is 15.9 Å². The minimum atomic E-state index is 0.649. The second-order valence-corrected chi connectivity index (χ2v) is 6.34. The van der Waals surface area contributed by atoms with Gasteiger partial charge in [-0.1, -0.05) is 20.3 Å². The van der Waals surface area contributed by atoms with Crippen molar-refractivity contribution in [2.24, 2.45) is 0 Å². The summed E-state index contributed by atoms with van der Waals surface area (Å²) in [5.41, 5.74) is 2.52. The molecule has 0 bridgehead atoms. The quantitative estimate of drug-likeness (QED) is 0.862. The summed E-state index contributed by atoms with van der Waals surface area (Å²) in [6.45, 7) is 11.9. The summed E-state index contributed by atoms with van der Waals surface area (Å²) in [6, 6.07) is 0.649. The lowest BCUT2D eigenvalue weighted by Crippen LogP contribution is -2.50. The highest BCUT2D eigenvalue weighted by molar-refractivity contribution is 9.10. The average molecular weight is 343 g/mol. The van der Waals surface area contributed by atoms with E-state index in [4.69, 9.17) is 5.10 Å². The van der Waals surface area contributed by atoms with Gasteiger partial charge in [0.2, 0.25) is 0 Å². The Hall–Kier alpha value is -0.390. The standard InChI is InChI=1S/C15H27BrN4/c1-4-7-12-10-19(9-8-17-12)11-14-15(16)13(5-2)18-20(14)6-3/h12,17H,4-11H2,1-3H3. The lowest BCUT2D eigenvalue weighted by Gasteiger charge is -2.33. The Morgan fingerprint density at radius 1 is 1.35 bits per heavy atom. The number of halogens is 1. The molecule has 0 aliphatic carbocycles. The molecule has 114 valence electrons. The van der Waals surface area contributed by atoms with Gasteiger partial charge in [-0.2, -0.15) is 5.10 Å². The van der Waals surface area contributed by atoms with Gasteiger partial charge in [0.1, 0.15) is 0 Å². The summed E-state index contributed by atoms with van der Waals surface area (Å²) >= 11 is 3.75. The first-order chi connectivity index (χ1) is 9.69. The van der Waals surface area contributed by atoms with Crippen LogP contribution in [-0.2, 0) is 19.5 Å². The molecule has 0 spiro atoms. The fourth-order valence-corrected chi connectivity index (χ4v) is 3.65. The van der Waals surface area contributed by atoms with Gasteiger partial charge >= 0.3 is 0 Å². The molecule has 1 fully saturated rings. The van der Waals surface area contributed by atoms with Gasteiger partial charge in [0.15, 0.2) is 0 Å². The van der Waals surface area contributed by atoms with Gasteiger partial charge in [0.05, 0.1) is 15.9 Å². The predicted molar refractivity (Wildman–Crippen MR) is 87.0 cm³/mol. The van der Waals surface area contributed by atoms with Gasteiger partial charge in [-0.25, -0.2) is 0 Å². The van der Waals surface area contributed by atoms with E-state index in [9.17, 15) is 0 Å². The number of hydrogen-bond donors (Lipinski definition) is 1. The largest absolute Gasteiger partial charge is 0.311 e. The molecule has 0 radical (unpaired) electrons. The van der Waals surface area contributed by atoms with Crippen molar-refractivity contribution in [3.05, 3.63) is 15.9 Å². The molecule has 0 amide bonds. The van der Waals surface area contributed by atoms with E-state index in [2.05, 4.69) is 51.6 Å². The third-order valence-corrected chi connectivity index (χ3v) is 4.96. The number of rotatable bonds is 6. The minimum Gasteiger partial charge on any atom is -0.311 e. The number of hydrogen-bond acceptors (Lipinski definition) is 3. The van der Waals surface area contributed by atoms with Crippen molar-refractivity contribution in [3.8, 4) is 0 Å². The zero-order valence-corrected chi connectivity index (χ0v) is 14.5. The number of aromatic nitrogens is 2. The number of nitrogens with zero attached hydrogens (tertiary/aromatic N) is 3. The lowest BCUT2D eigenvalue weighted by molar-refractivity contribution is 0.182. The first kappa shape index (κ1) is 16.0. The number of piperazine rings is 1. The first-order valence-corrected chi connectivity index (χ1v) is 8.68. The Labute approximate surface area is 131 Å². The molecule has 5 heteroatoms. The monoisotopic (exact) mass is 342 g/mol. The number of aryl methyl sites for hydroxylation is 2. The summed E-state index contributed by atoms with van der Waals surface area (Å²) in [6.07, 6.45) is 3.51. The Morgan fingerprint density at radius 2 is 2.15 bits per heavy atom. The van der Waals surface area contributed by atoms with Gasteiger partial charge in [0.25, 0.3) is 0 Å². The Morgan fingerprint density at radius 3 is 2.80 bits per heavy atom. The molecule has 1 atom stereocenters. The van der Waals surface area contributed by atoms with Gasteiger partial charge in [-0.15, -0.1) is 0 Å². The molecule has 1 aliphatic heterocycles. The first-order valence-electron chi connectivity index (χ1n) is 7.89. The van der Waals surface area contributed by atoms with Crippen LogP contribution in [0, 0.1) is 0 Å². The van der Waals surface area contributed by atoms with Crippen LogP contribution in [0.15, 0.2) is 4.47 Å². The van der Waals surface area contributed by atoms with Crippen LogP contribution in [0.1, 0.15) is 45.0 Å².